The van der Waals surface area contributed by atoms with Crippen molar-refractivity contribution in [1.29, 1.82) is 0 Å². The Morgan fingerprint density at radius 1 is 1.30 bits per heavy atom. The second-order valence-electron chi connectivity index (χ2n) is 4.89. The van der Waals surface area contributed by atoms with Gasteiger partial charge >= 0.3 is 0 Å². The molecule has 6 heteroatoms. The number of carbonyl (C=O) groups is 1. The summed E-state index contributed by atoms with van der Waals surface area (Å²) in [5.41, 5.74) is 0.985. The van der Waals surface area contributed by atoms with Crippen molar-refractivity contribution >= 4 is 29.1 Å². The number of benzene rings is 1. The summed E-state index contributed by atoms with van der Waals surface area (Å²) in [5, 5.41) is 10.4. The number of rotatable bonds is 3. The number of aromatic nitrogens is 3. The van der Waals surface area contributed by atoms with Gasteiger partial charge in [-0.15, -0.1) is 10.2 Å². The van der Waals surface area contributed by atoms with Crippen LogP contribution in [0.1, 0.15) is 19.3 Å². The van der Waals surface area contributed by atoms with Crippen molar-refractivity contribution in [2.24, 2.45) is 7.05 Å². The molecule has 1 heterocycles. The third kappa shape index (κ3) is 2.74. The smallest absolute Gasteiger partial charge is 0.191 e. The van der Waals surface area contributed by atoms with Crippen LogP contribution in [-0.2, 0) is 11.8 Å². The molecule has 1 fully saturated rings. The average Bonchev–Trinajstić information content (AvgIpc) is 2.99. The molecule has 0 bridgehead atoms. The fraction of sp³-hybridized carbons (Fsp3) is 0.357. The Morgan fingerprint density at radius 2 is 2.05 bits per heavy atom. The molecule has 0 saturated heterocycles. The average molecular weight is 308 g/mol. The lowest BCUT2D eigenvalue weighted by Gasteiger charge is -2.07. The molecule has 0 radical (unpaired) electrons. The van der Waals surface area contributed by atoms with Gasteiger partial charge in [-0.05, 0) is 30.7 Å². The van der Waals surface area contributed by atoms with Gasteiger partial charge in [0.25, 0.3) is 0 Å². The normalized spacial score (nSPS) is 18.7. The molecule has 1 aliphatic rings. The summed E-state index contributed by atoms with van der Waals surface area (Å²) in [4.78, 5) is 11.3. The molecule has 1 aliphatic carbocycles. The van der Waals surface area contributed by atoms with Crippen molar-refractivity contribution in [2.45, 2.75) is 29.7 Å². The summed E-state index contributed by atoms with van der Waals surface area (Å²) >= 11 is 7.53. The van der Waals surface area contributed by atoms with Crippen LogP contribution in [0.3, 0.4) is 0 Å². The standard InChI is InChI=1S/C14H14ClN3OS/c1-18-13(9-2-4-10(15)5-3-9)16-17-14(18)20-12-7-6-11(19)8-12/h2-5,12H,6-8H2,1H3/t12-/m1/s1. The topological polar surface area (TPSA) is 47.8 Å². The molecule has 4 nitrogen and oxygen atoms in total. The molecule has 1 aromatic heterocycles. The van der Waals surface area contributed by atoms with E-state index in [2.05, 4.69) is 10.2 Å². The van der Waals surface area contributed by atoms with Crippen molar-refractivity contribution in [2.75, 3.05) is 0 Å². The lowest BCUT2D eigenvalue weighted by molar-refractivity contribution is -0.117. The molecule has 0 N–H and O–H groups in total. The molecule has 0 aliphatic heterocycles. The number of ketones is 1. The van der Waals surface area contributed by atoms with Crippen molar-refractivity contribution in [3.63, 3.8) is 0 Å². The van der Waals surface area contributed by atoms with Gasteiger partial charge in [-0.2, -0.15) is 0 Å². The van der Waals surface area contributed by atoms with Crippen LogP contribution in [0.4, 0.5) is 0 Å². The zero-order valence-corrected chi connectivity index (χ0v) is 12.6. The van der Waals surface area contributed by atoms with E-state index in [0.717, 1.165) is 23.0 Å². The zero-order valence-electron chi connectivity index (χ0n) is 11.0. The van der Waals surface area contributed by atoms with E-state index in [1.807, 2.05) is 35.9 Å². The number of hydrogen-bond donors (Lipinski definition) is 0. The second kappa shape index (κ2) is 5.58. The van der Waals surface area contributed by atoms with Gasteiger partial charge in [0.15, 0.2) is 11.0 Å². The first-order valence-corrected chi connectivity index (χ1v) is 7.73. The van der Waals surface area contributed by atoms with Crippen LogP contribution in [0.5, 0.6) is 0 Å². The Kier molecular flexibility index (Phi) is 3.81. The maximum absolute atomic E-state index is 11.3. The van der Waals surface area contributed by atoms with E-state index in [-0.39, 0.29) is 0 Å². The van der Waals surface area contributed by atoms with Gasteiger partial charge in [-0.3, -0.25) is 4.79 Å². The molecule has 2 aromatic rings. The molecular weight excluding hydrogens is 294 g/mol. The lowest BCUT2D eigenvalue weighted by atomic mass is 10.2. The number of carbonyl (C=O) groups excluding carboxylic acids is 1. The third-order valence-corrected chi connectivity index (χ3v) is 4.96. The van der Waals surface area contributed by atoms with Gasteiger partial charge in [-0.1, -0.05) is 23.4 Å². The Labute approximate surface area is 126 Å². The van der Waals surface area contributed by atoms with Crippen molar-refractivity contribution < 1.29 is 4.79 Å². The Bertz CT molecular complexity index is 638. The number of Topliss-reactive ketones (excluding diaryl/α,β-unsaturated/α-hetero) is 1. The zero-order chi connectivity index (χ0) is 14.1. The van der Waals surface area contributed by atoms with Gasteiger partial charge in [0.05, 0.1) is 0 Å². The SMILES string of the molecule is Cn1c(S[C@@H]2CCC(=O)C2)nnc1-c1ccc(Cl)cc1. The molecule has 0 unspecified atom stereocenters. The van der Waals surface area contributed by atoms with Crippen molar-refractivity contribution in [3.8, 4) is 11.4 Å². The van der Waals surface area contributed by atoms with Crippen LogP contribution in [0.2, 0.25) is 5.02 Å². The quantitative estimate of drug-likeness (QED) is 0.872. The summed E-state index contributed by atoms with van der Waals surface area (Å²) in [7, 11) is 1.95. The number of hydrogen-bond acceptors (Lipinski definition) is 4. The summed E-state index contributed by atoms with van der Waals surface area (Å²) < 4.78 is 1.97. The van der Waals surface area contributed by atoms with Crippen LogP contribution in [-0.4, -0.2) is 25.8 Å². The maximum Gasteiger partial charge on any atom is 0.191 e. The monoisotopic (exact) mass is 307 g/mol. The minimum Gasteiger partial charge on any atom is -0.305 e. The van der Waals surface area contributed by atoms with Gasteiger partial charge in [0, 0.05) is 35.7 Å². The molecule has 1 saturated carbocycles. The van der Waals surface area contributed by atoms with Crippen molar-refractivity contribution in [3.05, 3.63) is 29.3 Å². The Hall–Kier alpha value is -1.33. The Morgan fingerprint density at radius 3 is 2.70 bits per heavy atom. The molecule has 3 rings (SSSR count). The summed E-state index contributed by atoms with van der Waals surface area (Å²) in [6.07, 6.45) is 2.28. The van der Waals surface area contributed by atoms with Crippen LogP contribution in [0.25, 0.3) is 11.4 Å². The van der Waals surface area contributed by atoms with E-state index in [4.69, 9.17) is 11.6 Å². The summed E-state index contributed by atoms with van der Waals surface area (Å²) in [6, 6.07) is 7.54. The molecule has 20 heavy (non-hydrogen) atoms. The summed E-state index contributed by atoms with van der Waals surface area (Å²) in [6.45, 7) is 0. The highest BCUT2D eigenvalue weighted by molar-refractivity contribution is 7.99. The highest BCUT2D eigenvalue weighted by Crippen LogP contribution is 2.33. The fourth-order valence-electron chi connectivity index (χ4n) is 2.30. The molecular formula is C14H14ClN3OS. The van der Waals surface area contributed by atoms with Crippen LogP contribution in [0, 0.1) is 0 Å². The van der Waals surface area contributed by atoms with E-state index in [1.54, 1.807) is 11.8 Å². The van der Waals surface area contributed by atoms with E-state index in [0.29, 0.717) is 28.9 Å². The molecule has 0 spiro atoms. The van der Waals surface area contributed by atoms with Crippen molar-refractivity contribution in [1.82, 2.24) is 14.8 Å². The minimum absolute atomic E-state index is 0.337. The first-order valence-electron chi connectivity index (χ1n) is 6.47. The molecule has 1 atom stereocenters. The van der Waals surface area contributed by atoms with Gasteiger partial charge < -0.3 is 4.57 Å². The lowest BCUT2D eigenvalue weighted by Crippen LogP contribution is -2.01. The molecule has 1 aromatic carbocycles. The Balaban J connectivity index is 1.81. The van der Waals surface area contributed by atoms with Crippen LogP contribution in [0.15, 0.2) is 29.4 Å². The molecule has 0 amide bonds. The van der Waals surface area contributed by atoms with Crippen LogP contribution >= 0.6 is 23.4 Å². The first-order chi connectivity index (χ1) is 9.63. The van der Waals surface area contributed by atoms with Crippen LogP contribution < -0.4 is 0 Å². The second-order valence-corrected chi connectivity index (χ2v) is 6.60. The van der Waals surface area contributed by atoms with Gasteiger partial charge in [-0.25, -0.2) is 0 Å². The van der Waals surface area contributed by atoms with Gasteiger partial charge in [0.1, 0.15) is 5.78 Å². The first kappa shape index (κ1) is 13.6. The largest absolute Gasteiger partial charge is 0.305 e. The number of halogens is 1. The third-order valence-electron chi connectivity index (χ3n) is 3.41. The fourth-order valence-corrected chi connectivity index (χ4v) is 3.56. The number of nitrogens with zero attached hydrogens (tertiary/aromatic N) is 3. The molecule has 104 valence electrons. The highest BCUT2D eigenvalue weighted by atomic mass is 35.5. The van der Waals surface area contributed by atoms with Gasteiger partial charge in [0.2, 0.25) is 0 Å². The van der Waals surface area contributed by atoms with E-state index in [9.17, 15) is 4.79 Å². The predicted molar refractivity (Wildman–Crippen MR) is 80.0 cm³/mol. The van der Waals surface area contributed by atoms with E-state index >= 15 is 0 Å². The van der Waals surface area contributed by atoms with E-state index < -0.39 is 0 Å². The number of thioether (sulfide) groups is 1. The highest BCUT2D eigenvalue weighted by Gasteiger charge is 2.25. The maximum atomic E-state index is 11.3. The summed E-state index contributed by atoms with van der Waals surface area (Å²) in [5.74, 6) is 1.16. The minimum atomic E-state index is 0.337. The van der Waals surface area contributed by atoms with E-state index in [1.165, 1.54) is 0 Å². The predicted octanol–water partition coefficient (Wildman–Crippen LogP) is 3.35.